The Balaban J connectivity index is 1.58. The third kappa shape index (κ3) is 6.40. The summed E-state index contributed by atoms with van der Waals surface area (Å²) in [6, 6.07) is 6.06. The number of hydroxylamine groups is 3. The molecule has 2 aromatic rings. The molecular weight excluding hydrogens is 454 g/mol. The van der Waals surface area contributed by atoms with Crippen LogP contribution in [0.25, 0.3) is 0 Å². The Morgan fingerprint density at radius 2 is 1.71 bits per heavy atom. The Morgan fingerprint density at radius 3 is 2.35 bits per heavy atom. The van der Waals surface area contributed by atoms with Crippen LogP contribution in [-0.2, 0) is 0 Å². The van der Waals surface area contributed by atoms with Gasteiger partial charge in [0.25, 0.3) is 0 Å². The summed E-state index contributed by atoms with van der Waals surface area (Å²) < 4.78 is 5.08. The maximum absolute atomic E-state index is 12.3. The molecule has 186 valence electrons. The Morgan fingerprint density at radius 1 is 1.03 bits per heavy atom. The summed E-state index contributed by atoms with van der Waals surface area (Å²) in [5.41, 5.74) is 0.767. The lowest BCUT2D eigenvalue weighted by atomic mass is 10.0. The molecule has 0 spiro atoms. The van der Waals surface area contributed by atoms with E-state index in [0.29, 0.717) is 47.7 Å². The number of piperidine rings is 1. The van der Waals surface area contributed by atoms with Crippen molar-refractivity contribution in [3.05, 3.63) is 28.4 Å². The maximum Gasteiger partial charge on any atom is 0.233 e. The first kappa shape index (κ1) is 24.8. The number of benzene rings is 1. The van der Waals surface area contributed by atoms with Crippen LogP contribution in [-0.4, -0.2) is 66.0 Å². The smallest absolute Gasteiger partial charge is 0.233 e. The second kappa shape index (κ2) is 10.9. The van der Waals surface area contributed by atoms with Crippen LogP contribution in [0.5, 0.6) is 5.75 Å². The van der Waals surface area contributed by atoms with Gasteiger partial charge in [0.05, 0.1) is 32.3 Å². The highest BCUT2D eigenvalue weighted by atomic mass is 35.5. The number of quaternary nitrogens is 1. The van der Waals surface area contributed by atoms with Gasteiger partial charge in [0.2, 0.25) is 17.8 Å². The van der Waals surface area contributed by atoms with Gasteiger partial charge >= 0.3 is 0 Å². The van der Waals surface area contributed by atoms with E-state index in [1.165, 1.54) is 25.7 Å². The average Bonchev–Trinajstić information content (AvgIpc) is 3.07. The van der Waals surface area contributed by atoms with E-state index in [9.17, 15) is 5.21 Å². The van der Waals surface area contributed by atoms with E-state index in [0.717, 1.165) is 31.4 Å². The van der Waals surface area contributed by atoms with Crippen LogP contribution in [0.2, 0.25) is 5.02 Å². The fourth-order valence-electron chi connectivity index (χ4n) is 4.77. The number of nitrogens with one attached hydrogen (secondary N) is 2. The minimum Gasteiger partial charge on any atom is -0.633 e. The predicted molar refractivity (Wildman–Crippen MR) is 137 cm³/mol. The molecule has 2 fully saturated rings. The molecule has 0 radical (unpaired) electrons. The van der Waals surface area contributed by atoms with Crippen molar-refractivity contribution in [3.63, 3.8) is 0 Å². The first-order chi connectivity index (χ1) is 16.3. The number of likely N-dealkylation sites (tertiary alicyclic amines) is 1. The molecule has 10 heteroatoms. The third-order valence-electron chi connectivity index (χ3n) is 6.95. The van der Waals surface area contributed by atoms with Crippen molar-refractivity contribution in [2.24, 2.45) is 0 Å². The van der Waals surface area contributed by atoms with Crippen LogP contribution in [0, 0.1) is 5.21 Å². The van der Waals surface area contributed by atoms with E-state index in [4.69, 9.17) is 26.3 Å². The molecule has 2 N–H and O–H groups in total. The van der Waals surface area contributed by atoms with E-state index in [2.05, 4.69) is 20.5 Å². The van der Waals surface area contributed by atoms with Crippen molar-refractivity contribution in [1.82, 2.24) is 15.0 Å². The van der Waals surface area contributed by atoms with Gasteiger partial charge in [-0.3, -0.25) is 0 Å². The number of aromatic nitrogens is 3. The van der Waals surface area contributed by atoms with Crippen molar-refractivity contribution in [2.45, 2.75) is 63.5 Å². The minimum atomic E-state index is -0.180. The van der Waals surface area contributed by atoms with Crippen molar-refractivity contribution in [3.8, 4) is 5.75 Å². The zero-order valence-corrected chi connectivity index (χ0v) is 21.1. The predicted octanol–water partition coefficient (Wildman–Crippen LogP) is 4.95. The lowest BCUT2D eigenvalue weighted by Gasteiger charge is -2.45. The van der Waals surface area contributed by atoms with Crippen LogP contribution in [0.3, 0.4) is 0 Å². The topological polar surface area (TPSA) is 98.3 Å². The lowest BCUT2D eigenvalue weighted by Crippen LogP contribution is -2.50. The Labute approximate surface area is 207 Å². The van der Waals surface area contributed by atoms with E-state index < -0.39 is 0 Å². The first-order valence-electron chi connectivity index (χ1n) is 12.2. The van der Waals surface area contributed by atoms with Crippen molar-refractivity contribution >= 4 is 35.1 Å². The highest BCUT2D eigenvalue weighted by Crippen LogP contribution is 2.30. The summed E-state index contributed by atoms with van der Waals surface area (Å²) in [6.45, 7) is 1.20. The standard InChI is InChI=1S/C24H36ClN7O2/c1-31(19-12-14-32(2,33)15-13-19)24-29-22(26-17-8-6-4-5-7-9-17)28-23(30-24)27-18-10-11-21(34-3)20(25)16-18/h10-11,16-17,19H,4-9,12-15H2,1-3H3,(H2,26,27,28,29,30). The summed E-state index contributed by atoms with van der Waals surface area (Å²) in [5.74, 6) is 2.24. The molecule has 0 atom stereocenters. The average molecular weight is 490 g/mol. The number of hydrogen-bond donors (Lipinski definition) is 2. The maximum atomic E-state index is 12.3. The van der Waals surface area contributed by atoms with Gasteiger partial charge in [0, 0.05) is 37.7 Å². The molecule has 1 aromatic carbocycles. The van der Waals surface area contributed by atoms with Crippen molar-refractivity contribution in [1.29, 1.82) is 0 Å². The Hall–Kier alpha value is -2.36. The molecule has 4 rings (SSSR count). The summed E-state index contributed by atoms with van der Waals surface area (Å²) in [5, 5.41) is 19.6. The number of anilines is 4. The Kier molecular flexibility index (Phi) is 7.95. The van der Waals surface area contributed by atoms with Crippen LogP contribution >= 0.6 is 11.6 Å². The molecule has 0 bridgehead atoms. The molecule has 2 heterocycles. The highest BCUT2D eigenvalue weighted by molar-refractivity contribution is 6.32. The van der Waals surface area contributed by atoms with Gasteiger partial charge in [-0.2, -0.15) is 15.0 Å². The first-order valence-corrected chi connectivity index (χ1v) is 12.6. The number of hydrogen-bond acceptors (Lipinski definition) is 8. The molecule has 1 aliphatic heterocycles. The van der Waals surface area contributed by atoms with Crippen molar-refractivity contribution < 1.29 is 9.38 Å². The summed E-state index contributed by atoms with van der Waals surface area (Å²) in [6.07, 6.45) is 8.88. The van der Waals surface area contributed by atoms with Gasteiger partial charge in [0.1, 0.15) is 5.75 Å². The van der Waals surface area contributed by atoms with Crippen LogP contribution in [0.1, 0.15) is 51.4 Å². The van der Waals surface area contributed by atoms with Crippen LogP contribution in [0.15, 0.2) is 18.2 Å². The second-order valence-corrected chi connectivity index (χ2v) is 10.1. The summed E-state index contributed by atoms with van der Waals surface area (Å²) >= 11 is 6.31. The quantitative estimate of drug-likeness (QED) is 0.320. The van der Waals surface area contributed by atoms with Gasteiger partial charge in [-0.05, 0) is 31.0 Å². The molecule has 0 amide bonds. The fraction of sp³-hybridized carbons (Fsp3) is 0.625. The molecule has 9 nitrogen and oxygen atoms in total. The van der Waals surface area contributed by atoms with Crippen molar-refractivity contribution in [2.75, 3.05) is 49.8 Å². The van der Waals surface area contributed by atoms with Gasteiger partial charge in [0.15, 0.2) is 0 Å². The van der Waals surface area contributed by atoms with E-state index in [1.807, 2.05) is 19.2 Å². The van der Waals surface area contributed by atoms with Gasteiger partial charge in [-0.15, -0.1) is 0 Å². The minimum absolute atomic E-state index is 0.180. The molecule has 34 heavy (non-hydrogen) atoms. The molecule has 1 aliphatic carbocycles. The molecule has 1 saturated carbocycles. The van der Waals surface area contributed by atoms with Gasteiger partial charge < -0.3 is 30.1 Å². The number of rotatable bonds is 7. The molecule has 0 unspecified atom stereocenters. The van der Waals surface area contributed by atoms with Gasteiger partial charge in [-0.25, -0.2) is 0 Å². The zero-order valence-electron chi connectivity index (χ0n) is 20.4. The molecule has 1 saturated heterocycles. The number of ether oxygens (including phenoxy) is 1. The zero-order chi connectivity index (χ0) is 24.1. The van der Waals surface area contributed by atoms with Crippen LogP contribution in [0.4, 0.5) is 23.5 Å². The Bertz CT molecular complexity index is 956. The fourth-order valence-corrected chi connectivity index (χ4v) is 5.03. The molecule has 1 aromatic heterocycles. The summed E-state index contributed by atoms with van der Waals surface area (Å²) in [7, 11) is 5.34. The monoisotopic (exact) mass is 489 g/mol. The molecule has 2 aliphatic rings. The third-order valence-corrected chi connectivity index (χ3v) is 7.25. The largest absolute Gasteiger partial charge is 0.633 e. The van der Waals surface area contributed by atoms with E-state index in [-0.39, 0.29) is 10.7 Å². The van der Waals surface area contributed by atoms with Gasteiger partial charge in [-0.1, -0.05) is 37.3 Å². The van der Waals surface area contributed by atoms with Crippen LogP contribution < -0.4 is 20.3 Å². The lowest BCUT2D eigenvalue weighted by molar-refractivity contribution is -0.865. The molecular formula is C24H36ClN7O2. The highest BCUT2D eigenvalue weighted by Gasteiger charge is 2.28. The summed E-state index contributed by atoms with van der Waals surface area (Å²) in [4.78, 5) is 16.3. The number of nitrogens with zero attached hydrogens (tertiary/aromatic N) is 5. The number of methoxy groups -OCH3 is 1. The number of halogens is 1. The second-order valence-electron chi connectivity index (χ2n) is 9.68. The van der Waals surface area contributed by atoms with E-state index >= 15 is 0 Å². The SMILES string of the molecule is COc1ccc(Nc2nc(NC3CCCCCC3)nc(N(C)C3CC[N+](C)([O-])CC3)n2)cc1Cl. The normalized spacial score (nSPS) is 23.7. The van der Waals surface area contributed by atoms with E-state index in [1.54, 1.807) is 20.2 Å².